The fourth-order valence-corrected chi connectivity index (χ4v) is 0.940. The molecule has 2 radical (unpaired) electrons. The highest BCUT2D eigenvalue weighted by Gasteiger charge is 1.73. The van der Waals surface area contributed by atoms with E-state index in [0.29, 0.717) is 0 Å². The fraction of sp³-hybridized carbons (Fsp3) is 0.143. The van der Waals surface area contributed by atoms with Crippen molar-refractivity contribution in [2.24, 2.45) is 0 Å². The second-order valence-electron chi connectivity index (χ2n) is 3.15. The Kier molecular flexibility index (Phi) is 4.49. The van der Waals surface area contributed by atoms with Crippen molar-refractivity contribution in [3.8, 4) is 0 Å². The van der Waals surface area contributed by atoms with Crippen LogP contribution in [0.5, 0.6) is 0 Å². The molecular formula is C14H14. The molecule has 70 valence electrons. The van der Waals surface area contributed by atoms with Gasteiger partial charge in [-0.3, -0.25) is 0 Å². The Balaban J connectivity index is 0.000000140. The van der Waals surface area contributed by atoms with E-state index in [1.54, 1.807) is 0 Å². The zero-order valence-corrected chi connectivity index (χ0v) is 8.62. The Morgan fingerprint density at radius 3 is 1.07 bits per heavy atom. The van der Waals surface area contributed by atoms with Gasteiger partial charge in [-0.2, -0.15) is 0 Å². The summed E-state index contributed by atoms with van der Waals surface area (Å²) in [5.41, 5.74) is 2.58. The Morgan fingerprint density at radius 2 is 0.929 bits per heavy atom. The van der Waals surface area contributed by atoms with Crippen LogP contribution in [0.1, 0.15) is 11.1 Å². The molecule has 0 aromatic heterocycles. The lowest BCUT2D eigenvalue weighted by molar-refractivity contribution is 1.47. The van der Waals surface area contributed by atoms with E-state index in [-0.39, 0.29) is 0 Å². The summed E-state index contributed by atoms with van der Waals surface area (Å²) in [5.74, 6) is 0. The minimum absolute atomic E-state index is 1.29. The number of hydrogen-bond acceptors (Lipinski definition) is 0. The molecule has 2 aromatic carbocycles. The van der Waals surface area contributed by atoms with E-state index in [1.165, 1.54) is 11.1 Å². The summed E-state index contributed by atoms with van der Waals surface area (Å²) in [5, 5.41) is 0. The van der Waals surface area contributed by atoms with E-state index in [9.17, 15) is 0 Å². The average molecular weight is 182 g/mol. The zero-order chi connectivity index (χ0) is 10.2. The number of aryl methyl sites for hydroxylation is 2. The molecule has 0 amide bonds. The molecule has 0 aliphatic carbocycles. The third kappa shape index (κ3) is 4.46. The van der Waals surface area contributed by atoms with Crippen molar-refractivity contribution >= 4 is 0 Å². The number of benzene rings is 2. The average Bonchev–Trinajstić information content (AvgIpc) is 2.21. The van der Waals surface area contributed by atoms with E-state index < -0.39 is 0 Å². The molecule has 0 saturated carbocycles. The predicted octanol–water partition coefficient (Wildman–Crippen LogP) is 3.59. The molecule has 0 spiro atoms. The van der Waals surface area contributed by atoms with Crippen LogP contribution >= 0.6 is 0 Å². The molecule has 0 aliphatic rings. The fourth-order valence-electron chi connectivity index (χ4n) is 0.940. The van der Waals surface area contributed by atoms with E-state index in [1.807, 2.05) is 48.5 Å². The Labute approximate surface area is 86.2 Å². The van der Waals surface area contributed by atoms with Crippen LogP contribution in [-0.4, -0.2) is 0 Å². The van der Waals surface area contributed by atoms with Crippen molar-refractivity contribution in [3.05, 3.63) is 71.8 Å². The minimum atomic E-state index is 1.29. The van der Waals surface area contributed by atoms with E-state index in [4.69, 9.17) is 0 Å². The molecule has 2 rings (SSSR count). The van der Waals surface area contributed by atoms with Crippen LogP contribution in [-0.2, 0) is 0 Å². The third-order valence-electron chi connectivity index (χ3n) is 1.77. The molecule has 14 heavy (non-hydrogen) atoms. The zero-order valence-electron chi connectivity index (χ0n) is 8.62. The van der Waals surface area contributed by atoms with Gasteiger partial charge in [0, 0.05) is 0 Å². The molecular weight excluding hydrogens is 168 g/mol. The third-order valence-corrected chi connectivity index (χ3v) is 1.77. The highest BCUT2D eigenvalue weighted by Crippen LogP contribution is 1.92. The molecule has 0 nitrogen and oxygen atoms in total. The van der Waals surface area contributed by atoms with Gasteiger partial charge in [-0.1, -0.05) is 59.7 Å². The van der Waals surface area contributed by atoms with Crippen LogP contribution in [0.15, 0.2) is 48.5 Å². The van der Waals surface area contributed by atoms with Crippen molar-refractivity contribution in [1.29, 1.82) is 0 Å². The van der Waals surface area contributed by atoms with Gasteiger partial charge in [-0.25, -0.2) is 0 Å². The first-order valence-corrected chi connectivity index (χ1v) is 4.64. The predicted molar refractivity (Wildman–Crippen MR) is 60.0 cm³/mol. The molecule has 2 aromatic rings. The summed E-state index contributed by atoms with van der Waals surface area (Å²) in [7, 11) is 0. The minimum Gasteiger partial charge on any atom is -0.0587 e. The molecule has 0 unspecified atom stereocenters. The second kappa shape index (κ2) is 5.98. The van der Waals surface area contributed by atoms with Crippen molar-refractivity contribution in [3.63, 3.8) is 0 Å². The summed E-state index contributed by atoms with van der Waals surface area (Å²) in [4.78, 5) is 0. The van der Waals surface area contributed by atoms with E-state index >= 15 is 0 Å². The first-order valence-electron chi connectivity index (χ1n) is 4.64. The molecule has 0 atom stereocenters. The lowest BCUT2D eigenvalue weighted by atomic mass is 10.2. The van der Waals surface area contributed by atoms with Crippen molar-refractivity contribution in [2.75, 3.05) is 0 Å². The lowest BCUT2D eigenvalue weighted by Gasteiger charge is -1.82. The van der Waals surface area contributed by atoms with E-state index in [2.05, 4.69) is 26.0 Å². The van der Waals surface area contributed by atoms with Crippen molar-refractivity contribution in [1.82, 2.24) is 0 Å². The van der Waals surface area contributed by atoms with Gasteiger partial charge in [-0.05, 0) is 26.0 Å². The Hall–Kier alpha value is -1.56. The van der Waals surface area contributed by atoms with E-state index in [0.717, 1.165) is 0 Å². The molecule has 0 aliphatic heterocycles. The van der Waals surface area contributed by atoms with Gasteiger partial charge >= 0.3 is 0 Å². The summed E-state index contributed by atoms with van der Waals surface area (Å²) in [6.45, 7) is 4.13. The van der Waals surface area contributed by atoms with Gasteiger partial charge in [0.25, 0.3) is 0 Å². The molecule has 0 heteroatoms. The maximum atomic E-state index is 2.93. The van der Waals surface area contributed by atoms with Crippen LogP contribution in [0.25, 0.3) is 0 Å². The highest BCUT2D eigenvalue weighted by atomic mass is 13.8. The van der Waals surface area contributed by atoms with Crippen LogP contribution in [0.2, 0.25) is 0 Å². The normalized spacial score (nSPS) is 8.71. The van der Waals surface area contributed by atoms with Gasteiger partial charge in [0.2, 0.25) is 0 Å². The summed E-state index contributed by atoms with van der Waals surface area (Å²) in [6, 6.07) is 21.6. The molecule has 0 heterocycles. The maximum Gasteiger partial charge on any atom is -0.0184 e. The quantitative estimate of drug-likeness (QED) is 0.584. The van der Waals surface area contributed by atoms with Crippen LogP contribution in [0.4, 0.5) is 0 Å². The van der Waals surface area contributed by atoms with Gasteiger partial charge in [0.05, 0.1) is 0 Å². The lowest BCUT2D eigenvalue weighted by Crippen LogP contribution is -1.63. The van der Waals surface area contributed by atoms with Crippen LogP contribution in [0.3, 0.4) is 0 Å². The summed E-state index contributed by atoms with van der Waals surface area (Å²) < 4.78 is 0. The largest absolute Gasteiger partial charge is 0.0587 e. The van der Waals surface area contributed by atoms with Gasteiger partial charge in [0.15, 0.2) is 0 Å². The SMILES string of the molecule is Cc1cc[c]cc1.Cc1cc[c]cc1. The smallest absolute Gasteiger partial charge is 0.0184 e. The second-order valence-corrected chi connectivity index (χ2v) is 3.15. The van der Waals surface area contributed by atoms with Gasteiger partial charge in [0.1, 0.15) is 0 Å². The van der Waals surface area contributed by atoms with Crippen LogP contribution < -0.4 is 0 Å². The number of rotatable bonds is 0. The van der Waals surface area contributed by atoms with Crippen molar-refractivity contribution < 1.29 is 0 Å². The topological polar surface area (TPSA) is 0 Å². The maximum absolute atomic E-state index is 2.93. The van der Waals surface area contributed by atoms with Crippen molar-refractivity contribution in [2.45, 2.75) is 13.8 Å². The Bertz CT molecular complexity index is 297. The highest BCUT2D eigenvalue weighted by molar-refractivity contribution is 5.11. The monoisotopic (exact) mass is 182 g/mol. The molecule has 0 fully saturated rings. The first-order chi connectivity index (χ1) is 6.79. The molecule has 0 N–H and O–H groups in total. The standard InChI is InChI=1S/2C7H7/c2*1-7-5-3-2-4-6-7/h2*3-6H,1H3. The van der Waals surface area contributed by atoms with Gasteiger partial charge < -0.3 is 0 Å². The summed E-state index contributed by atoms with van der Waals surface area (Å²) in [6.07, 6.45) is 0. The Morgan fingerprint density at radius 1 is 0.643 bits per heavy atom. The van der Waals surface area contributed by atoms with Crippen LogP contribution in [0, 0.1) is 26.0 Å². The summed E-state index contributed by atoms with van der Waals surface area (Å²) >= 11 is 0. The number of hydrogen-bond donors (Lipinski definition) is 0. The molecule has 0 bridgehead atoms. The van der Waals surface area contributed by atoms with Gasteiger partial charge in [-0.15, -0.1) is 0 Å². The molecule has 0 saturated heterocycles. The first kappa shape index (κ1) is 10.5.